The number of halogens is 2. The third kappa shape index (κ3) is 2.32. The van der Waals surface area contributed by atoms with Crippen molar-refractivity contribution in [1.29, 1.82) is 0 Å². The number of carbonyl (C=O) groups excluding carboxylic acids is 1. The topological polar surface area (TPSA) is 63.9 Å². The Labute approximate surface area is 107 Å². The first kappa shape index (κ1) is 12.1. The van der Waals surface area contributed by atoms with Crippen molar-refractivity contribution in [3.05, 3.63) is 16.8 Å². The molecule has 0 atom stereocenters. The lowest BCUT2D eigenvalue weighted by Gasteiger charge is -2.15. The van der Waals surface area contributed by atoms with Gasteiger partial charge in [-0.15, -0.1) is 0 Å². The lowest BCUT2D eigenvalue weighted by Crippen LogP contribution is -2.26. The van der Waals surface area contributed by atoms with Crippen molar-refractivity contribution in [3.63, 3.8) is 0 Å². The third-order valence-corrected chi connectivity index (χ3v) is 2.73. The average molecular weight is 274 g/mol. The number of hydrogen-bond acceptors (Lipinski definition) is 4. The first-order chi connectivity index (χ1) is 7.99. The molecule has 0 fully saturated rings. The fourth-order valence-electron chi connectivity index (χ4n) is 1.32. The highest BCUT2D eigenvalue weighted by Crippen LogP contribution is 2.20. The van der Waals surface area contributed by atoms with E-state index in [9.17, 15) is 4.79 Å². The summed E-state index contributed by atoms with van der Waals surface area (Å²) in [5, 5.41) is 0.249. The van der Waals surface area contributed by atoms with Crippen LogP contribution in [-0.4, -0.2) is 37.4 Å². The van der Waals surface area contributed by atoms with Crippen molar-refractivity contribution >= 4 is 40.3 Å². The van der Waals surface area contributed by atoms with Gasteiger partial charge in [0.25, 0.3) is 0 Å². The molecule has 0 bridgehead atoms. The van der Waals surface area contributed by atoms with Crippen LogP contribution in [-0.2, 0) is 11.5 Å². The molecule has 2 rings (SSSR count). The largest absolute Gasteiger partial charge is 0.328 e. The SMILES string of the molecule is CC(=O)N(C)Cn1cnc2c(Cl)nc(Cl)nc21. The van der Waals surface area contributed by atoms with Gasteiger partial charge in [0.2, 0.25) is 11.2 Å². The number of imidazole rings is 1. The number of nitrogens with zero attached hydrogens (tertiary/aromatic N) is 5. The molecule has 0 aliphatic heterocycles. The van der Waals surface area contributed by atoms with Crippen LogP contribution in [0.4, 0.5) is 0 Å². The molecule has 0 aliphatic carbocycles. The molecule has 90 valence electrons. The summed E-state index contributed by atoms with van der Waals surface area (Å²) in [5.41, 5.74) is 0.969. The maximum atomic E-state index is 11.1. The first-order valence-electron chi connectivity index (χ1n) is 4.74. The number of fused-ring (bicyclic) bond motifs is 1. The Morgan fingerprint density at radius 3 is 2.82 bits per heavy atom. The molecule has 0 aliphatic rings. The van der Waals surface area contributed by atoms with Gasteiger partial charge in [-0.1, -0.05) is 11.6 Å². The van der Waals surface area contributed by atoms with Crippen molar-refractivity contribution in [2.75, 3.05) is 7.05 Å². The quantitative estimate of drug-likeness (QED) is 0.616. The van der Waals surface area contributed by atoms with Gasteiger partial charge in [0.05, 0.1) is 13.0 Å². The molecule has 0 spiro atoms. The third-order valence-electron chi connectivity index (χ3n) is 2.30. The Hall–Kier alpha value is -1.40. The Kier molecular flexibility index (Phi) is 3.17. The summed E-state index contributed by atoms with van der Waals surface area (Å²) < 4.78 is 1.68. The number of amides is 1. The van der Waals surface area contributed by atoms with Crippen LogP contribution in [0.25, 0.3) is 11.2 Å². The minimum absolute atomic E-state index is 0.0507. The summed E-state index contributed by atoms with van der Waals surface area (Å²) in [6.07, 6.45) is 1.54. The zero-order valence-corrected chi connectivity index (χ0v) is 10.7. The predicted octanol–water partition coefficient (Wildman–Crippen LogP) is 1.57. The Morgan fingerprint density at radius 2 is 2.18 bits per heavy atom. The summed E-state index contributed by atoms with van der Waals surface area (Å²) in [6, 6.07) is 0. The summed E-state index contributed by atoms with van der Waals surface area (Å²) >= 11 is 11.6. The van der Waals surface area contributed by atoms with Crippen LogP contribution < -0.4 is 0 Å². The second-order valence-electron chi connectivity index (χ2n) is 3.53. The van der Waals surface area contributed by atoms with E-state index in [0.29, 0.717) is 17.8 Å². The van der Waals surface area contributed by atoms with Gasteiger partial charge >= 0.3 is 0 Å². The predicted molar refractivity (Wildman–Crippen MR) is 63.8 cm³/mol. The standard InChI is InChI=1S/C9H9Cl2N5O/c1-5(17)15(2)4-16-3-12-6-7(10)13-9(11)14-8(6)16/h3H,4H2,1-2H3. The van der Waals surface area contributed by atoms with Crippen LogP contribution in [0.1, 0.15) is 6.92 Å². The van der Waals surface area contributed by atoms with Gasteiger partial charge in [0.15, 0.2) is 10.8 Å². The molecule has 0 unspecified atom stereocenters. The maximum absolute atomic E-state index is 11.1. The monoisotopic (exact) mass is 273 g/mol. The van der Waals surface area contributed by atoms with Crippen LogP contribution in [0.5, 0.6) is 0 Å². The molecular formula is C9H9Cl2N5O. The average Bonchev–Trinajstić information content (AvgIpc) is 2.61. The zero-order valence-electron chi connectivity index (χ0n) is 9.18. The van der Waals surface area contributed by atoms with E-state index in [4.69, 9.17) is 23.2 Å². The molecule has 1 amide bonds. The van der Waals surface area contributed by atoms with Crippen LogP contribution in [0.2, 0.25) is 10.4 Å². The van der Waals surface area contributed by atoms with E-state index in [-0.39, 0.29) is 16.3 Å². The highest BCUT2D eigenvalue weighted by molar-refractivity contribution is 6.35. The van der Waals surface area contributed by atoms with E-state index in [2.05, 4.69) is 15.0 Å². The van der Waals surface area contributed by atoms with Gasteiger partial charge < -0.3 is 4.90 Å². The number of aromatic nitrogens is 4. The summed E-state index contributed by atoms with van der Waals surface area (Å²) in [4.78, 5) is 24.6. The van der Waals surface area contributed by atoms with Crippen molar-refractivity contribution in [3.8, 4) is 0 Å². The summed E-state index contributed by atoms with van der Waals surface area (Å²) in [7, 11) is 1.68. The summed E-state index contributed by atoms with van der Waals surface area (Å²) in [5.74, 6) is -0.0573. The van der Waals surface area contributed by atoms with Crippen molar-refractivity contribution in [2.24, 2.45) is 0 Å². The van der Waals surface area contributed by atoms with Crippen molar-refractivity contribution in [2.45, 2.75) is 13.6 Å². The smallest absolute Gasteiger partial charge is 0.225 e. The fourth-order valence-corrected chi connectivity index (χ4v) is 1.74. The first-order valence-corrected chi connectivity index (χ1v) is 5.50. The lowest BCUT2D eigenvalue weighted by atomic mass is 10.5. The maximum Gasteiger partial charge on any atom is 0.225 e. The van der Waals surface area contributed by atoms with Gasteiger partial charge in [0, 0.05) is 14.0 Å². The number of rotatable bonds is 2. The molecule has 0 saturated heterocycles. The molecule has 0 saturated carbocycles. The Bertz CT molecular complexity index is 582. The van der Waals surface area contributed by atoms with Crippen molar-refractivity contribution in [1.82, 2.24) is 24.4 Å². The molecule has 6 nitrogen and oxygen atoms in total. The molecule has 17 heavy (non-hydrogen) atoms. The molecule has 0 N–H and O–H groups in total. The summed E-state index contributed by atoms with van der Waals surface area (Å²) in [6.45, 7) is 1.81. The molecule has 8 heteroatoms. The van der Waals surface area contributed by atoms with Crippen LogP contribution in [0, 0.1) is 0 Å². The Morgan fingerprint density at radius 1 is 1.47 bits per heavy atom. The van der Waals surface area contributed by atoms with Gasteiger partial charge in [-0.3, -0.25) is 9.36 Å². The van der Waals surface area contributed by atoms with Crippen LogP contribution in [0.15, 0.2) is 6.33 Å². The van der Waals surface area contributed by atoms with Crippen LogP contribution >= 0.6 is 23.2 Å². The highest BCUT2D eigenvalue weighted by Gasteiger charge is 2.12. The second-order valence-corrected chi connectivity index (χ2v) is 4.22. The van der Waals surface area contributed by atoms with E-state index in [1.807, 2.05) is 0 Å². The highest BCUT2D eigenvalue weighted by atomic mass is 35.5. The second kappa shape index (κ2) is 4.46. The molecule has 2 aromatic rings. The molecule has 0 radical (unpaired) electrons. The van der Waals surface area contributed by atoms with Gasteiger partial charge in [-0.2, -0.15) is 4.98 Å². The van der Waals surface area contributed by atoms with E-state index in [1.54, 1.807) is 17.9 Å². The van der Waals surface area contributed by atoms with Gasteiger partial charge in [-0.05, 0) is 11.6 Å². The van der Waals surface area contributed by atoms with Crippen LogP contribution in [0.3, 0.4) is 0 Å². The molecule has 2 heterocycles. The van der Waals surface area contributed by atoms with Crippen molar-refractivity contribution < 1.29 is 4.79 Å². The lowest BCUT2D eigenvalue weighted by molar-refractivity contribution is -0.128. The van der Waals surface area contributed by atoms with E-state index in [0.717, 1.165) is 0 Å². The Balaban J connectivity index is 2.45. The number of hydrogen-bond donors (Lipinski definition) is 0. The van der Waals surface area contributed by atoms with Gasteiger partial charge in [0.1, 0.15) is 5.52 Å². The normalized spacial score (nSPS) is 10.8. The van der Waals surface area contributed by atoms with Gasteiger partial charge in [-0.25, -0.2) is 9.97 Å². The molecular weight excluding hydrogens is 265 g/mol. The number of carbonyl (C=O) groups is 1. The zero-order chi connectivity index (χ0) is 12.6. The molecule has 2 aromatic heterocycles. The van der Waals surface area contributed by atoms with E-state index >= 15 is 0 Å². The fraction of sp³-hybridized carbons (Fsp3) is 0.333. The molecule has 0 aromatic carbocycles. The minimum atomic E-state index is -0.0573. The van der Waals surface area contributed by atoms with E-state index in [1.165, 1.54) is 11.8 Å². The minimum Gasteiger partial charge on any atom is -0.328 e. The van der Waals surface area contributed by atoms with E-state index < -0.39 is 0 Å².